The van der Waals surface area contributed by atoms with Crippen LogP contribution in [0.4, 0.5) is 4.39 Å². The van der Waals surface area contributed by atoms with Gasteiger partial charge in [0.15, 0.2) is 0 Å². The third kappa shape index (κ3) is 6.01. The third-order valence-corrected chi connectivity index (χ3v) is 2.39. The maximum atomic E-state index is 13.9. The molecule has 6 heteroatoms. The number of nitrogens with one attached hydrogen (secondary N) is 1. The molecular weight excluding hydrogens is 293 g/mol. The zero-order valence-electron chi connectivity index (χ0n) is 11.1. The average Bonchev–Trinajstić information content (AvgIpc) is 2.45. The Bertz CT molecular complexity index is 693. The van der Waals surface area contributed by atoms with Gasteiger partial charge >= 0.3 is 10.5 Å². The molecule has 0 bridgehead atoms. The molecule has 2 aromatic carbocycles. The molecule has 0 amide bonds. The lowest BCUT2D eigenvalue weighted by Crippen LogP contribution is -1.94. The van der Waals surface area contributed by atoms with Crippen molar-refractivity contribution in [1.29, 1.82) is 4.78 Å². The van der Waals surface area contributed by atoms with Gasteiger partial charge < -0.3 is 4.74 Å². The van der Waals surface area contributed by atoms with E-state index in [-0.39, 0.29) is 5.82 Å². The molecule has 0 saturated carbocycles. The number of hydrogen-bond acceptors (Lipinski definition) is 4. The molecule has 0 aliphatic rings. The lowest BCUT2D eigenvalue weighted by Gasteiger charge is -2.07. The van der Waals surface area contributed by atoms with Gasteiger partial charge in [-0.05, 0) is 17.7 Å². The van der Waals surface area contributed by atoms with Gasteiger partial charge in [-0.3, -0.25) is 0 Å². The minimum Gasteiger partial charge on any atom is -0.489 e. The molecule has 0 aliphatic heterocycles. The van der Waals surface area contributed by atoms with E-state index in [1.165, 1.54) is 6.07 Å². The summed E-state index contributed by atoms with van der Waals surface area (Å²) >= 11 is 0. The highest BCUT2D eigenvalue weighted by Crippen LogP contribution is 2.25. The zero-order chi connectivity index (χ0) is 15.7. The number of rotatable bonds is 4. The minimum atomic E-state index is -2.61. The summed E-state index contributed by atoms with van der Waals surface area (Å²) in [5, 5.41) is 0. The van der Waals surface area contributed by atoms with Crippen LogP contribution in [0.5, 0.6) is 5.75 Å². The second kappa shape index (κ2) is 8.65. The fourth-order valence-electron chi connectivity index (χ4n) is 1.59. The smallest absolute Gasteiger partial charge is 0.308 e. The molecule has 0 radical (unpaired) electrons. The SMILES string of the molecule is C=CCOc1ccc(-c2ccccc2)c(F)c1.N=S(=O)=O. The Balaban J connectivity index is 0.000000491. The van der Waals surface area contributed by atoms with E-state index in [1.54, 1.807) is 18.2 Å². The van der Waals surface area contributed by atoms with Crippen LogP contribution in [0.1, 0.15) is 0 Å². The molecule has 0 spiro atoms. The Hall–Kier alpha value is -2.47. The molecule has 4 nitrogen and oxygen atoms in total. The van der Waals surface area contributed by atoms with Crippen LogP contribution in [0.15, 0.2) is 61.2 Å². The van der Waals surface area contributed by atoms with E-state index in [0.29, 0.717) is 17.9 Å². The van der Waals surface area contributed by atoms with Gasteiger partial charge in [0.2, 0.25) is 0 Å². The van der Waals surface area contributed by atoms with Crippen LogP contribution < -0.4 is 4.74 Å². The van der Waals surface area contributed by atoms with Crippen LogP contribution in [0.2, 0.25) is 0 Å². The van der Waals surface area contributed by atoms with Crippen molar-refractivity contribution in [1.82, 2.24) is 0 Å². The lowest BCUT2D eigenvalue weighted by molar-refractivity contribution is 0.361. The average molecular weight is 307 g/mol. The maximum absolute atomic E-state index is 13.9. The molecule has 0 aromatic heterocycles. The van der Waals surface area contributed by atoms with E-state index in [0.717, 1.165) is 5.56 Å². The molecule has 0 saturated heterocycles. The predicted molar refractivity (Wildman–Crippen MR) is 79.2 cm³/mol. The van der Waals surface area contributed by atoms with E-state index >= 15 is 0 Å². The van der Waals surface area contributed by atoms with Crippen molar-refractivity contribution in [3.05, 3.63) is 67.0 Å². The normalized spacial score (nSPS) is 9.19. The summed E-state index contributed by atoms with van der Waals surface area (Å²) in [5.74, 6) is 0.236. The molecule has 0 aliphatic carbocycles. The van der Waals surface area contributed by atoms with Crippen molar-refractivity contribution >= 4 is 10.5 Å². The molecule has 0 heterocycles. The molecule has 2 aromatic rings. The fourth-order valence-corrected chi connectivity index (χ4v) is 1.59. The number of hydrogen-bond donors (Lipinski definition) is 1. The monoisotopic (exact) mass is 307 g/mol. The number of halogens is 1. The first-order valence-electron chi connectivity index (χ1n) is 5.93. The topological polar surface area (TPSA) is 67.2 Å². The standard InChI is InChI=1S/C15H13FO.HNO2S/c1-2-10-17-13-8-9-14(15(16)11-13)12-6-4-3-5-7-12;1-4(2)3/h2-9,11H,1,10H2;1H. The predicted octanol–water partition coefficient (Wildman–Crippen LogP) is 3.69. The van der Waals surface area contributed by atoms with Crippen LogP contribution in [0.25, 0.3) is 11.1 Å². The van der Waals surface area contributed by atoms with Gasteiger partial charge in [-0.2, -0.15) is 13.2 Å². The summed E-state index contributed by atoms with van der Waals surface area (Å²) in [6.45, 7) is 3.92. The van der Waals surface area contributed by atoms with Gasteiger partial charge in [-0.25, -0.2) is 4.39 Å². The number of benzene rings is 2. The zero-order valence-corrected chi connectivity index (χ0v) is 11.9. The number of ether oxygens (including phenoxy) is 1. The third-order valence-electron chi connectivity index (χ3n) is 2.39. The van der Waals surface area contributed by atoms with Gasteiger partial charge in [-0.1, -0.05) is 43.0 Å². The van der Waals surface area contributed by atoms with E-state index < -0.39 is 10.5 Å². The summed E-state index contributed by atoms with van der Waals surface area (Å²) in [4.78, 5) is 0. The Morgan fingerprint density at radius 2 is 1.81 bits per heavy atom. The summed E-state index contributed by atoms with van der Waals surface area (Å²) in [6.07, 6.45) is 1.63. The molecule has 1 N–H and O–H groups in total. The van der Waals surface area contributed by atoms with Crippen molar-refractivity contribution in [3.8, 4) is 16.9 Å². The van der Waals surface area contributed by atoms with Crippen molar-refractivity contribution in [2.45, 2.75) is 0 Å². The van der Waals surface area contributed by atoms with Crippen LogP contribution in [-0.2, 0) is 10.5 Å². The quantitative estimate of drug-likeness (QED) is 0.876. The maximum Gasteiger partial charge on any atom is 0.308 e. The van der Waals surface area contributed by atoms with E-state index in [9.17, 15) is 4.39 Å². The molecule has 2 rings (SSSR count). The van der Waals surface area contributed by atoms with E-state index in [4.69, 9.17) is 17.9 Å². The lowest BCUT2D eigenvalue weighted by atomic mass is 10.1. The van der Waals surface area contributed by atoms with Gasteiger partial charge in [-0.15, -0.1) is 0 Å². The van der Waals surface area contributed by atoms with Crippen LogP contribution in [0.3, 0.4) is 0 Å². The highest BCUT2D eigenvalue weighted by atomic mass is 32.2. The summed E-state index contributed by atoms with van der Waals surface area (Å²) in [6, 6.07) is 14.3. The Labute approximate surface area is 124 Å². The van der Waals surface area contributed by atoms with Crippen molar-refractivity contribution < 1.29 is 17.5 Å². The Morgan fingerprint density at radius 1 is 1.19 bits per heavy atom. The second-order valence-corrected chi connectivity index (χ2v) is 4.31. The van der Waals surface area contributed by atoms with E-state index in [1.807, 2.05) is 30.3 Å². The van der Waals surface area contributed by atoms with Gasteiger partial charge in [0, 0.05) is 11.6 Å². The molecule has 0 atom stereocenters. The van der Waals surface area contributed by atoms with Crippen molar-refractivity contribution in [2.75, 3.05) is 6.61 Å². The second-order valence-electron chi connectivity index (χ2n) is 3.84. The van der Waals surface area contributed by atoms with Gasteiger partial charge in [0.1, 0.15) is 18.2 Å². The summed E-state index contributed by atoms with van der Waals surface area (Å²) < 4.78 is 42.0. The minimum absolute atomic E-state index is 0.280. The fraction of sp³-hybridized carbons (Fsp3) is 0.0667. The first kappa shape index (κ1) is 16.6. The first-order chi connectivity index (χ1) is 10.0. The highest BCUT2D eigenvalue weighted by molar-refractivity contribution is 7.60. The van der Waals surface area contributed by atoms with Crippen LogP contribution >= 0.6 is 0 Å². The molecule has 21 heavy (non-hydrogen) atoms. The van der Waals surface area contributed by atoms with Crippen molar-refractivity contribution in [2.24, 2.45) is 0 Å². The molecule has 0 unspecified atom stereocenters. The molecule has 110 valence electrons. The Kier molecular flexibility index (Phi) is 6.83. The Morgan fingerprint density at radius 3 is 2.33 bits per heavy atom. The molecule has 0 fully saturated rings. The summed E-state index contributed by atoms with van der Waals surface area (Å²) in [5.41, 5.74) is 1.44. The molecular formula is C15H14FNO3S. The highest BCUT2D eigenvalue weighted by Gasteiger charge is 2.05. The first-order valence-corrected chi connectivity index (χ1v) is 7.01. The van der Waals surface area contributed by atoms with E-state index in [2.05, 4.69) is 6.58 Å². The van der Waals surface area contributed by atoms with Gasteiger partial charge in [0.25, 0.3) is 0 Å². The summed E-state index contributed by atoms with van der Waals surface area (Å²) in [7, 11) is -2.61. The van der Waals surface area contributed by atoms with Gasteiger partial charge in [0.05, 0.1) is 0 Å². The van der Waals surface area contributed by atoms with Crippen LogP contribution in [0, 0.1) is 10.6 Å². The van der Waals surface area contributed by atoms with Crippen LogP contribution in [-0.4, -0.2) is 15.0 Å². The van der Waals surface area contributed by atoms with Crippen molar-refractivity contribution in [3.63, 3.8) is 0 Å². The largest absolute Gasteiger partial charge is 0.489 e.